The third-order valence-electron chi connectivity index (χ3n) is 1.59. The first kappa shape index (κ1) is 7.03. The SMILES string of the molecule is c1cncc(Cc2cocn2)c1. The fraction of sp³-hybridized carbons (Fsp3) is 0.111. The summed E-state index contributed by atoms with van der Waals surface area (Å²) < 4.78 is 4.86. The highest BCUT2D eigenvalue weighted by molar-refractivity contribution is 5.15. The average Bonchev–Trinajstić information content (AvgIpc) is 2.59. The van der Waals surface area contributed by atoms with Crippen LogP contribution in [0.4, 0.5) is 0 Å². The Bertz CT molecular complexity index is 329. The van der Waals surface area contributed by atoms with Crippen LogP contribution in [0.1, 0.15) is 11.3 Å². The van der Waals surface area contributed by atoms with E-state index in [1.54, 1.807) is 12.5 Å². The molecule has 2 rings (SSSR count). The molecule has 2 aromatic rings. The van der Waals surface area contributed by atoms with Crippen molar-refractivity contribution in [2.24, 2.45) is 0 Å². The summed E-state index contributed by atoms with van der Waals surface area (Å²) in [7, 11) is 0. The zero-order valence-corrected chi connectivity index (χ0v) is 6.47. The molecule has 0 aliphatic heterocycles. The zero-order valence-electron chi connectivity index (χ0n) is 6.47. The monoisotopic (exact) mass is 160 g/mol. The Balaban J connectivity index is 2.15. The van der Waals surface area contributed by atoms with Crippen LogP contribution in [0.5, 0.6) is 0 Å². The van der Waals surface area contributed by atoms with Crippen molar-refractivity contribution in [1.29, 1.82) is 0 Å². The number of rotatable bonds is 2. The maximum absolute atomic E-state index is 4.86. The van der Waals surface area contributed by atoms with Gasteiger partial charge >= 0.3 is 0 Å². The second-order valence-corrected chi connectivity index (χ2v) is 2.52. The van der Waals surface area contributed by atoms with Crippen molar-refractivity contribution in [3.05, 3.63) is 48.4 Å². The average molecular weight is 160 g/mol. The molecule has 0 radical (unpaired) electrons. The summed E-state index contributed by atoms with van der Waals surface area (Å²) in [4.78, 5) is 8.02. The molecule has 0 bridgehead atoms. The van der Waals surface area contributed by atoms with E-state index in [0.29, 0.717) is 0 Å². The van der Waals surface area contributed by atoms with E-state index >= 15 is 0 Å². The van der Waals surface area contributed by atoms with Crippen LogP contribution in [0.25, 0.3) is 0 Å². The largest absolute Gasteiger partial charge is 0.451 e. The molecule has 3 nitrogen and oxygen atoms in total. The molecule has 2 aromatic heterocycles. The molecule has 60 valence electrons. The highest BCUT2D eigenvalue weighted by Gasteiger charge is 1.97. The molecule has 0 saturated carbocycles. The Morgan fingerprint density at radius 2 is 2.42 bits per heavy atom. The molecule has 2 heterocycles. The van der Waals surface area contributed by atoms with E-state index < -0.39 is 0 Å². The predicted octanol–water partition coefficient (Wildman–Crippen LogP) is 1.66. The van der Waals surface area contributed by atoms with Crippen molar-refractivity contribution in [2.75, 3.05) is 0 Å². The van der Waals surface area contributed by atoms with Crippen molar-refractivity contribution >= 4 is 0 Å². The smallest absolute Gasteiger partial charge is 0.180 e. The van der Waals surface area contributed by atoms with Gasteiger partial charge in [0.2, 0.25) is 0 Å². The van der Waals surface area contributed by atoms with Crippen molar-refractivity contribution in [3.63, 3.8) is 0 Å². The van der Waals surface area contributed by atoms with Gasteiger partial charge in [-0.1, -0.05) is 6.07 Å². The molecule has 0 aliphatic carbocycles. The number of nitrogens with zero attached hydrogens (tertiary/aromatic N) is 2. The topological polar surface area (TPSA) is 38.9 Å². The van der Waals surface area contributed by atoms with Gasteiger partial charge in [0.15, 0.2) is 6.39 Å². The first-order valence-electron chi connectivity index (χ1n) is 3.71. The van der Waals surface area contributed by atoms with Crippen LogP contribution < -0.4 is 0 Å². The molecule has 0 N–H and O–H groups in total. The van der Waals surface area contributed by atoms with Crippen molar-refractivity contribution < 1.29 is 4.42 Å². The second-order valence-electron chi connectivity index (χ2n) is 2.52. The maximum Gasteiger partial charge on any atom is 0.180 e. The van der Waals surface area contributed by atoms with Gasteiger partial charge in [0.05, 0.1) is 5.69 Å². The number of hydrogen-bond acceptors (Lipinski definition) is 3. The molecule has 0 saturated heterocycles. The summed E-state index contributed by atoms with van der Waals surface area (Å²) in [5, 5.41) is 0. The fourth-order valence-corrected chi connectivity index (χ4v) is 1.04. The number of pyridine rings is 1. The van der Waals surface area contributed by atoms with Gasteiger partial charge in [0.1, 0.15) is 6.26 Å². The minimum atomic E-state index is 0.782. The number of aromatic nitrogens is 2. The Kier molecular flexibility index (Phi) is 1.86. The Morgan fingerprint density at radius 1 is 1.42 bits per heavy atom. The molecule has 0 amide bonds. The van der Waals surface area contributed by atoms with E-state index in [2.05, 4.69) is 9.97 Å². The minimum Gasteiger partial charge on any atom is -0.451 e. The van der Waals surface area contributed by atoms with Crippen LogP contribution in [0.15, 0.2) is 41.6 Å². The molecular weight excluding hydrogens is 152 g/mol. The first-order chi connectivity index (χ1) is 5.95. The lowest BCUT2D eigenvalue weighted by Gasteiger charge is -1.93. The third kappa shape index (κ3) is 1.50. The van der Waals surface area contributed by atoms with Crippen LogP contribution in [-0.2, 0) is 6.42 Å². The summed E-state index contributed by atoms with van der Waals surface area (Å²) in [6.45, 7) is 0. The lowest BCUT2D eigenvalue weighted by molar-refractivity contribution is 0.556. The van der Waals surface area contributed by atoms with Crippen molar-refractivity contribution in [2.45, 2.75) is 6.42 Å². The lowest BCUT2D eigenvalue weighted by Crippen LogP contribution is -1.87. The van der Waals surface area contributed by atoms with Crippen LogP contribution in [-0.4, -0.2) is 9.97 Å². The van der Waals surface area contributed by atoms with Crippen LogP contribution in [0, 0.1) is 0 Å². The Labute approximate surface area is 70.1 Å². The van der Waals surface area contributed by atoms with Crippen LogP contribution in [0.2, 0.25) is 0 Å². The van der Waals surface area contributed by atoms with Gasteiger partial charge in [0.25, 0.3) is 0 Å². The number of oxazole rings is 1. The first-order valence-corrected chi connectivity index (χ1v) is 3.71. The number of hydrogen-bond donors (Lipinski definition) is 0. The van der Waals surface area contributed by atoms with Crippen LogP contribution >= 0.6 is 0 Å². The molecule has 0 aromatic carbocycles. The lowest BCUT2D eigenvalue weighted by atomic mass is 10.2. The van der Waals surface area contributed by atoms with E-state index in [1.165, 1.54) is 6.39 Å². The van der Waals surface area contributed by atoms with Gasteiger partial charge in [-0.2, -0.15) is 0 Å². The van der Waals surface area contributed by atoms with Gasteiger partial charge in [-0.05, 0) is 11.6 Å². The maximum atomic E-state index is 4.86. The highest BCUT2D eigenvalue weighted by Crippen LogP contribution is 2.04. The van der Waals surface area contributed by atoms with E-state index in [4.69, 9.17) is 4.42 Å². The second kappa shape index (κ2) is 3.17. The van der Waals surface area contributed by atoms with E-state index in [9.17, 15) is 0 Å². The summed E-state index contributed by atoms with van der Waals surface area (Å²) in [6, 6.07) is 3.93. The van der Waals surface area contributed by atoms with Gasteiger partial charge in [-0.3, -0.25) is 4.98 Å². The molecule has 0 atom stereocenters. The van der Waals surface area contributed by atoms with Gasteiger partial charge in [0, 0.05) is 18.8 Å². The molecule has 0 aliphatic rings. The van der Waals surface area contributed by atoms with Gasteiger partial charge in [-0.25, -0.2) is 4.98 Å². The molecule has 12 heavy (non-hydrogen) atoms. The third-order valence-corrected chi connectivity index (χ3v) is 1.59. The Hall–Kier alpha value is -1.64. The summed E-state index contributed by atoms with van der Waals surface area (Å²) in [5.41, 5.74) is 2.08. The van der Waals surface area contributed by atoms with Crippen molar-refractivity contribution in [1.82, 2.24) is 9.97 Å². The summed E-state index contributed by atoms with van der Waals surface area (Å²) in [5.74, 6) is 0. The van der Waals surface area contributed by atoms with E-state index in [-0.39, 0.29) is 0 Å². The normalized spacial score (nSPS) is 10.0. The fourth-order valence-electron chi connectivity index (χ4n) is 1.04. The quantitative estimate of drug-likeness (QED) is 0.670. The predicted molar refractivity (Wildman–Crippen MR) is 43.5 cm³/mol. The van der Waals surface area contributed by atoms with Gasteiger partial charge < -0.3 is 4.42 Å². The molecule has 0 fully saturated rings. The van der Waals surface area contributed by atoms with Crippen molar-refractivity contribution in [3.8, 4) is 0 Å². The minimum absolute atomic E-state index is 0.782. The molecular formula is C9H8N2O. The summed E-state index contributed by atoms with van der Waals surface area (Å²) in [6.07, 6.45) is 7.45. The Morgan fingerprint density at radius 3 is 3.08 bits per heavy atom. The standard InChI is InChI=1S/C9H8N2O/c1-2-8(5-10-3-1)4-9-6-12-7-11-9/h1-3,5-7H,4H2. The summed E-state index contributed by atoms with van der Waals surface area (Å²) >= 11 is 0. The van der Waals surface area contributed by atoms with Crippen LogP contribution in [0.3, 0.4) is 0 Å². The molecule has 0 unspecified atom stereocenters. The van der Waals surface area contributed by atoms with E-state index in [1.807, 2.05) is 18.3 Å². The van der Waals surface area contributed by atoms with E-state index in [0.717, 1.165) is 17.7 Å². The molecule has 0 spiro atoms. The zero-order chi connectivity index (χ0) is 8.23. The van der Waals surface area contributed by atoms with Gasteiger partial charge in [-0.15, -0.1) is 0 Å². The molecule has 3 heteroatoms. The highest BCUT2D eigenvalue weighted by atomic mass is 16.3.